The molecule has 8 nitrogen and oxygen atoms in total. The first-order valence-corrected chi connectivity index (χ1v) is 6.78. The molecule has 1 fully saturated rings. The lowest BCUT2D eigenvalue weighted by molar-refractivity contribution is -0.142. The lowest BCUT2D eigenvalue weighted by Crippen LogP contribution is -2.53. The van der Waals surface area contributed by atoms with E-state index in [9.17, 15) is 19.5 Å². The quantitative estimate of drug-likeness (QED) is 0.708. The van der Waals surface area contributed by atoms with Crippen LogP contribution in [0.2, 0.25) is 0 Å². The topological polar surface area (TPSA) is 108 Å². The predicted molar refractivity (Wildman–Crippen MR) is 74.9 cm³/mol. The van der Waals surface area contributed by atoms with Crippen molar-refractivity contribution >= 4 is 18.1 Å². The number of likely N-dealkylation sites (tertiary alicyclic amines) is 1. The number of urea groups is 1. The molecular formula is C13H23N3O5. The molecule has 0 bridgehead atoms. The number of carboxylic acid groups (broad SMARTS) is 1. The van der Waals surface area contributed by atoms with Gasteiger partial charge in [-0.3, -0.25) is 0 Å². The number of rotatable bonds is 3. The molecule has 0 aliphatic carbocycles. The van der Waals surface area contributed by atoms with Gasteiger partial charge in [0.15, 0.2) is 0 Å². The normalized spacial score (nSPS) is 19.8. The molecule has 1 heterocycles. The number of nitrogens with zero attached hydrogens (tertiary/aromatic N) is 1. The van der Waals surface area contributed by atoms with E-state index in [1.165, 1.54) is 12.0 Å². The summed E-state index contributed by atoms with van der Waals surface area (Å²) >= 11 is 0. The number of amides is 3. The molecule has 1 unspecified atom stereocenters. The molecule has 0 radical (unpaired) electrons. The summed E-state index contributed by atoms with van der Waals surface area (Å²) < 4.78 is 4.50. The summed E-state index contributed by atoms with van der Waals surface area (Å²) in [6.45, 7) is 6.03. The first-order valence-electron chi connectivity index (χ1n) is 6.78. The summed E-state index contributed by atoms with van der Waals surface area (Å²) in [5, 5.41) is 14.3. The summed E-state index contributed by atoms with van der Waals surface area (Å²) in [5.41, 5.74) is -0.592. The lowest BCUT2D eigenvalue weighted by atomic mass is 9.87. The molecule has 0 aromatic rings. The molecule has 21 heavy (non-hydrogen) atoms. The van der Waals surface area contributed by atoms with Crippen molar-refractivity contribution in [1.29, 1.82) is 0 Å². The van der Waals surface area contributed by atoms with E-state index in [1.54, 1.807) is 20.8 Å². The molecule has 8 heteroatoms. The zero-order valence-corrected chi connectivity index (χ0v) is 12.8. The minimum absolute atomic E-state index is 0.180. The highest BCUT2D eigenvalue weighted by molar-refractivity contribution is 5.83. The molecule has 0 aromatic heterocycles. The van der Waals surface area contributed by atoms with Crippen molar-refractivity contribution in [1.82, 2.24) is 15.5 Å². The monoisotopic (exact) mass is 301 g/mol. The number of hydrogen-bond acceptors (Lipinski definition) is 4. The van der Waals surface area contributed by atoms with Crippen molar-refractivity contribution < 1.29 is 24.2 Å². The van der Waals surface area contributed by atoms with Crippen LogP contribution < -0.4 is 10.6 Å². The number of aliphatic carboxylic acids is 1. The minimum atomic E-state index is -1.07. The van der Waals surface area contributed by atoms with Crippen LogP contribution in [0.25, 0.3) is 0 Å². The Morgan fingerprint density at radius 3 is 2.43 bits per heavy atom. The van der Waals surface area contributed by atoms with Crippen molar-refractivity contribution in [3.05, 3.63) is 0 Å². The van der Waals surface area contributed by atoms with Gasteiger partial charge in [-0.15, -0.1) is 0 Å². The van der Waals surface area contributed by atoms with Gasteiger partial charge >= 0.3 is 18.1 Å². The summed E-state index contributed by atoms with van der Waals surface area (Å²) in [4.78, 5) is 36.0. The van der Waals surface area contributed by atoms with Crippen molar-refractivity contribution in [2.24, 2.45) is 5.41 Å². The fraction of sp³-hybridized carbons (Fsp3) is 0.769. The maximum atomic E-state index is 12.1. The molecule has 1 aliphatic rings. The van der Waals surface area contributed by atoms with Crippen LogP contribution in [0, 0.1) is 5.41 Å². The number of carbonyl (C=O) groups excluding carboxylic acids is 2. The number of carbonyl (C=O) groups is 3. The average molecular weight is 301 g/mol. The van der Waals surface area contributed by atoms with Crippen LogP contribution in [0.3, 0.4) is 0 Å². The van der Waals surface area contributed by atoms with Gasteiger partial charge in [0.25, 0.3) is 0 Å². The molecule has 1 saturated heterocycles. The summed E-state index contributed by atoms with van der Waals surface area (Å²) in [6.07, 6.45) is 0.0656. The molecule has 120 valence electrons. The van der Waals surface area contributed by atoms with E-state index in [0.29, 0.717) is 19.5 Å². The Bertz CT molecular complexity index is 419. The smallest absolute Gasteiger partial charge is 0.407 e. The summed E-state index contributed by atoms with van der Waals surface area (Å²) in [6, 6.07) is -1.59. The molecule has 0 saturated carbocycles. The van der Waals surface area contributed by atoms with Gasteiger partial charge in [-0.2, -0.15) is 0 Å². The number of ether oxygens (including phenoxy) is 1. The second-order valence-corrected chi connectivity index (χ2v) is 6.15. The van der Waals surface area contributed by atoms with Gasteiger partial charge in [-0.1, -0.05) is 20.8 Å². The average Bonchev–Trinajstić information content (AvgIpc) is 2.82. The van der Waals surface area contributed by atoms with E-state index < -0.39 is 29.6 Å². The summed E-state index contributed by atoms with van der Waals surface area (Å²) in [5.74, 6) is -1.07. The maximum absolute atomic E-state index is 12.1. The molecule has 3 N–H and O–H groups in total. The van der Waals surface area contributed by atoms with Crippen LogP contribution in [-0.2, 0) is 9.53 Å². The molecule has 1 aliphatic heterocycles. The second kappa shape index (κ2) is 6.64. The largest absolute Gasteiger partial charge is 0.480 e. The number of methoxy groups -OCH3 is 1. The van der Waals surface area contributed by atoms with E-state index in [0.717, 1.165) is 0 Å². The third-order valence-corrected chi connectivity index (χ3v) is 3.36. The number of carboxylic acids is 1. The first kappa shape index (κ1) is 17.1. The molecule has 0 aromatic carbocycles. The molecule has 1 rings (SSSR count). The van der Waals surface area contributed by atoms with E-state index >= 15 is 0 Å². The van der Waals surface area contributed by atoms with Crippen LogP contribution in [0.5, 0.6) is 0 Å². The molecular weight excluding hydrogens is 278 g/mol. The van der Waals surface area contributed by atoms with E-state index in [4.69, 9.17) is 0 Å². The lowest BCUT2D eigenvalue weighted by Gasteiger charge is -2.29. The zero-order chi connectivity index (χ0) is 16.2. The van der Waals surface area contributed by atoms with Crippen LogP contribution in [-0.4, -0.2) is 60.4 Å². The van der Waals surface area contributed by atoms with Gasteiger partial charge in [0, 0.05) is 13.1 Å². The van der Waals surface area contributed by atoms with Gasteiger partial charge in [-0.25, -0.2) is 14.4 Å². The maximum Gasteiger partial charge on any atom is 0.407 e. The van der Waals surface area contributed by atoms with Crippen LogP contribution >= 0.6 is 0 Å². The van der Waals surface area contributed by atoms with Gasteiger partial charge < -0.3 is 25.4 Å². The van der Waals surface area contributed by atoms with Crippen LogP contribution in [0.1, 0.15) is 27.2 Å². The van der Waals surface area contributed by atoms with E-state index in [1.807, 2.05) is 0 Å². The third kappa shape index (κ3) is 4.80. The Labute approximate surface area is 123 Å². The Hall–Kier alpha value is -1.99. The molecule has 3 amide bonds. The third-order valence-electron chi connectivity index (χ3n) is 3.36. The molecule has 0 spiro atoms. The van der Waals surface area contributed by atoms with Gasteiger partial charge in [-0.05, 0) is 11.8 Å². The second-order valence-electron chi connectivity index (χ2n) is 6.15. The van der Waals surface area contributed by atoms with E-state index in [2.05, 4.69) is 15.4 Å². The molecule has 2 atom stereocenters. The van der Waals surface area contributed by atoms with Crippen molar-refractivity contribution in [3.63, 3.8) is 0 Å². The van der Waals surface area contributed by atoms with Gasteiger partial charge in [0.05, 0.1) is 13.2 Å². The number of hydrogen-bond donors (Lipinski definition) is 3. The summed E-state index contributed by atoms with van der Waals surface area (Å²) in [7, 11) is 1.27. The van der Waals surface area contributed by atoms with Crippen molar-refractivity contribution in [3.8, 4) is 0 Å². The predicted octanol–water partition coefficient (Wildman–Crippen LogP) is 0.626. The Morgan fingerprint density at radius 1 is 1.33 bits per heavy atom. The highest BCUT2D eigenvalue weighted by atomic mass is 16.5. The van der Waals surface area contributed by atoms with E-state index in [-0.39, 0.29) is 6.04 Å². The SMILES string of the molecule is COC(=O)NC1CCN(C(=O)N[C@@H](C(=O)O)C(C)(C)C)C1. The van der Waals surface area contributed by atoms with Crippen molar-refractivity contribution in [2.75, 3.05) is 20.2 Å². The fourth-order valence-corrected chi connectivity index (χ4v) is 2.15. The Kier molecular flexibility index (Phi) is 5.40. The number of nitrogens with one attached hydrogen (secondary N) is 2. The first-order chi connectivity index (χ1) is 9.65. The Balaban J connectivity index is 2.57. The number of alkyl carbamates (subject to hydrolysis) is 1. The van der Waals surface area contributed by atoms with Crippen LogP contribution in [0.15, 0.2) is 0 Å². The van der Waals surface area contributed by atoms with Crippen LogP contribution in [0.4, 0.5) is 9.59 Å². The highest BCUT2D eigenvalue weighted by Gasteiger charge is 2.35. The van der Waals surface area contributed by atoms with Crippen molar-refractivity contribution in [2.45, 2.75) is 39.3 Å². The standard InChI is InChI=1S/C13H23N3O5/c1-13(2,3)9(10(17)18)15-11(19)16-6-5-8(7-16)14-12(20)21-4/h8-9H,5-7H2,1-4H3,(H,14,20)(H,15,19)(H,17,18)/t8?,9-/m0/s1. The van der Waals surface area contributed by atoms with Gasteiger partial charge in [0.1, 0.15) is 6.04 Å². The highest BCUT2D eigenvalue weighted by Crippen LogP contribution is 2.20. The minimum Gasteiger partial charge on any atom is -0.480 e. The zero-order valence-electron chi connectivity index (χ0n) is 12.8. The van der Waals surface area contributed by atoms with Gasteiger partial charge in [0.2, 0.25) is 0 Å². The Morgan fingerprint density at radius 2 is 1.95 bits per heavy atom. The fourth-order valence-electron chi connectivity index (χ4n) is 2.15.